The predicted molar refractivity (Wildman–Crippen MR) is 106 cm³/mol. The molecule has 158 valence electrons. The van der Waals surface area contributed by atoms with E-state index in [4.69, 9.17) is 4.65 Å². The maximum atomic E-state index is 13.1. The average molecular weight is 413 g/mol. The van der Waals surface area contributed by atoms with Crippen LogP contribution in [0.5, 0.6) is 5.75 Å². The molecular formula is C21H24BNO7. The van der Waals surface area contributed by atoms with Crippen LogP contribution >= 0.6 is 0 Å². The first-order valence-electron chi connectivity index (χ1n) is 10.1. The van der Waals surface area contributed by atoms with Crippen LogP contribution in [0.25, 0.3) is 0 Å². The van der Waals surface area contributed by atoms with Crippen molar-refractivity contribution in [2.24, 2.45) is 23.7 Å². The molecule has 8 nitrogen and oxygen atoms in total. The van der Waals surface area contributed by atoms with Crippen LogP contribution in [-0.4, -0.2) is 47.2 Å². The van der Waals surface area contributed by atoms with Crippen LogP contribution in [0.1, 0.15) is 38.4 Å². The first-order valence-corrected chi connectivity index (χ1v) is 10.1. The normalized spacial score (nSPS) is 28.7. The van der Waals surface area contributed by atoms with Gasteiger partial charge in [-0.1, -0.05) is 31.6 Å². The molecule has 1 aromatic carbocycles. The molecule has 0 radical (unpaired) electrons. The molecule has 0 aromatic heterocycles. The van der Waals surface area contributed by atoms with Gasteiger partial charge in [-0.25, -0.2) is 4.79 Å². The standard InChI is InChI=1S/C21H24BNO7/c1-10(2)13-8-15-17(20(26)23(19(15)25)21(27)29-3)14-9-16(30-22(28)18(13)14)11-4-6-12(24)7-5-11/h4-7,10,14-17,24,28H,8-9H2,1-3H3/t14-,15-,16-,17+/m0/s1. The second-order valence-electron chi connectivity index (χ2n) is 8.36. The number of fused-ring (bicyclic) bond motifs is 3. The van der Waals surface area contributed by atoms with Crippen molar-refractivity contribution < 1.29 is 33.9 Å². The molecule has 0 spiro atoms. The van der Waals surface area contributed by atoms with E-state index in [2.05, 4.69) is 4.74 Å². The van der Waals surface area contributed by atoms with E-state index in [1.807, 2.05) is 13.8 Å². The Bertz CT molecular complexity index is 926. The van der Waals surface area contributed by atoms with Crippen LogP contribution < -0.4 is 0 Å². The first-order chi connectivity index (χ1) is 14.2. The molecule has 3 amide bonds. The number of rotatable bonds is 2. The van der Waals surface area contributed by atoms with E-state index in [1.54, 1.807) is 12.1 Å². The number of nitrogens with zero attached hydrogens (tertiary/aromatic N) is 1. The highest BCUT2D eigenvalue weighted by molar-refractivity contribution is 6.53. The number of allylic oxidation sites excluding steroid dienone is 2. The summed E-state index contributed by atoms with van der Waals surface area (Å²) in [5, 5.41) is 20.4. The fraction of sp³-hybridized carbons (Fsp3) is 0.476. The fourth-order valence-corrected chi connectivity index (χ4v) is 5.08. The number of phenols is 1. The molecule has 2 fully saturated rings. The topological polar surface area (TPSA) is 113 Å². The number of methoxy groups -OCH3 is 1. The lowest BCUT2D eigenvalue weighted by Crippen LogP contribution is -2.45. The van der Waals surface area contributed by atoms with Gasteiger partial charge < -0.3 is 19.5 Å². The van der Waals surface area contributed by atoms with E-state index in [9.17, 15) is 24.5 Å². The quantitative estimate of drug-likeness (QED) is 0.565. The van der Waals surface area contributed by atoms with Gasteiger partial charge in [0, 0.05) is 0 Å². The number of hydrogen-bond donors (Lipinski definition) is 2. The maximum Gasteiger partial charge on any atom is 0.487 e. The molecule has 9 heteroatoms. The average Bonchev–Trinajstić information content (AvgIpc) is 2.97. The lowest BCUT2D eigenvalue weighted by molar-refractivity contribution is -0.137. The van der Waals surface area contributed by atoms with Crippen LogP contribution in [0, 0.1) is 23.7 Å². The van der Waals surface area contributed by atoms with E-state index in [0.29, 0.717) is 23.2 Å². The molecule has 2 aliphatic heterocycles. The minimum Gasteiger partial charge on any atom is -0.508 e. The van der Waals surface area contributed by atoms with Crippen molar-refractivity contribution in [3.8, 4) is 5.75 Å². The Balaban J connectivity index is 1.76. The van der Waals surface area contributed by atoms with E-state index < -0.39 is 48.9 Å². The molecule has 0 bridgehead atoms. The molecular weight excluding hydrogens is 389 g/mol. The summed E-state index contributed by atoms with van der Waals surface area (Å²) in [5.41, 5.74) is 2.29. The monoisotopic (exact) mass is 413 g/mol. The Hall–Kier alpha value is -2.65. The van der Waals surface area contributed by atoms with Crippen LogP contribution in [0.2, 0.25) is 0 Å². The number of aromatic hydroxyl groups is 1. The second kappa shape index (κ2) is 7.56. The number of imide groups is 3. The van der Waals surface area contributed by atoms with Crippen LogP contribution in [0.4, 0.5) is 4.79 Å². The summed E-state index contributed by atoms with van der Waals surface area (Å²) in [5.74, 6) is -2.81. The maximum absolute atomic E-state index is 13.1. The summed E-state index contributed by atoms with van der Waals surface area (Å²) in [6, 6.07) is 6.46. The third kappa shape index (κ3) is 3.13. The molecule has 1 aliphatic carbocycles. The number of benzene rings is 1. The highest BCUT2D eigenvalue weighted by Crippen LogP contribution is 2.52. The molecule has 4 atom stereocenters. The molecule has 0 unspecified atom stereocenters. The van der Waals surface area contributed by atoms with Gasteiger partial charge in [0.2, 0.25) is 11.8 Å². The SMILES string of the molecule is COC(=O)N1C(=O)[C@H]2[C@H](CC(C(C)C)=C3B(O)O[C@H](c4ccc(O)cc4)C[C@H]32)C1=O. The van der Waals surface area contributed by atoms with Gasteiger partial charge in [0.25, 0.3) is 0 Å². The largest absolute Gasteiger partial charge is 0.508 e. The highest BCUT2D eigenvalue weighted by atomic mass is 16.5. The number of hydrogen-bond acceptors (Lipinski definition) is 7. The Morgan fingerprint density at radius 3 is 2.47 bits per heavy atom. The lowest BCUT2D eigenvalue weighted by Gasteiger charge is -2.43. The van der Waals surface area contributed by atoms with Crippen molar-refractivity contribution in [3.63, 3.8) is 0 Å². The Kier molecular flexibility index (Phi) is 5.19. The van der Waals surface area contributed by atoms with Crippen molar-refractivity contribution in [2.75, 3.05) is 7.11 Å². The Morgan fingerprint density at radius 2 is 1.87 bits per heavy atom. The molecule has 30 heavy (non-hydrogen) atoms. The van der Waals surface area contributed by atoms with E-state index in [-0.39, 0.29) is 11.7 Å². The number of carbonyl (C=O) groups excluding carboxylic acids is 3. The van der Waals surface area contributed by atoms with Crippen molar-refractivity contribution in [1.82, 2.24) is 4.90 Å². The van der Waals surface area contributed by atoms with Gasteiger partial charge in [0.05, 0.1) is 25.0 Å². The third-order valence-electron chi connectivity index (χ3n) is 6.47. The summed E-state index contributed by atoms with van der Waals surface area (Å²) in [7, 11) is -0.0800. The number of carbonyl (C=O) groups is 3. The molecule has 2 heterocycles. The Morgan fingerprint density at radius 1 is 1.20 bits per heavy atom. The molecule has 0 saturated carbocycles. The van der Waals surface area contributed by atoms with Gasteiger partial charge >= 0.3 is 13.2 Å². The predicted octanol–water partition coefficient (Wildman–Crippen LogP) is 2.21. The molecule has 1 aromatic rings. The molecule has 4 rings (SSSR count). The van der Waals surface area contributed by atoms with Crippen molar-refractivity contribution in [2.45, 2.75) is 32.8 Å². The van der Waals surface area contributed by atoms with Gasteiger partial charge in [-0.3, -0.25) is 9.59 Å². The highest BCUT2D eigenvalue weighted by Gasteiger charge is 2.59. The summed E-state index contributed by atoms with van der Waals surface area (Å²) >= 11 is 0. The number of phenolic OH excluding ortho intramolecular Hbond substituents is 1. The second-order valence-corrected chi connectivity index (χ2v) is 8.36. The van der Waals surface area contributed by atoms with Gasteiger partial charge in [-0.05, 0) is 47.8 Å². The molecule has 2 saturated heterocycles. The van der Waals surface area contributed by atoms with Crippen molar-refractivity contribution in [1.29, 1.82) is 0 Å². The van der Waals surface area contributed by atoms with Gasteiger partial charge in [0.1, 0.15) is 5.75 Å². The summed E-state index contributed by atoms with van der Waals surface area (Å²) in [4.78, 5) is 38.7. The van der Waals surface area contributed by atoms with E-state index in [0.717, 1.165) is 18.2 Å². The molecule has 2 N–H and O–H groups in total. The zero-order chi connectivity index (χ0) is 21.7. The fourth-order valence-electron chi connectivity index (χ4n) is 5.08. The number of amides is 3. The Labute approximate surface area is 174 Å². The summed E-state index contributed by atoms with van der Waals surface area (Å²) < 4.78 is 10.5. The van der Waals surface area contributed by atoms with Crippen molar-refractivity contribution >= 4 is 25.0 Å². The zero-order valence-corrected chi connectivity index (χ0v) is 17.1. The smallest absolute Gasteiger partial charge is 0.487 e. The summed E-state index contributed by atoms with van der Waals surface area (Å²) in [6.45, 7) is 3.94. The third-order valence-corrected chi connectivity index (χ3v) is 6.47. The number of likely N-dealkylation sites (tertiary alicyclic amines) is 1. The van der Waals surface area contributed by atoms with E-state index in [1.165, 1.54) is 12.1 Å². The van der Waals surface area contributed by atoms with E-state index >= 15 is 0 Å². The van der Waals surface area contributed by atoms with Crippen molar-refractivity contribution in [3.05, 3.63) is 40.9 Å². The van der Waals surface area contributed by atoms with Crippen LogP contribution in [0.15, 0.2) is 35.3 Å². The minimum absolute atomic E-state index is 0.0435. The van der Waals surface area contributed by atoms with Crippen LogP contribution in [0.3, 0.4) is 0 Å². The lowest BCUT2D eigenvalue weighted by atomic mass is 9.54. The van der Waals surface area contributed by atoms with Crippen LogP contribution in [-0.2, 0) is 19.0 Å². The molecule has 3 aliphatic rings. The number of ether oxygens (including phenoxy) is 1. The first kappa shape index (κ1) is 20.6. The minimum atomic E-state index is -1.21. The van der Waals surface area contributed by atoms with Gasteiger partial charge in [0.15, 0.2) is 0 Å². The van der Waals surface area contributed by atoms with Gasteiger partial charge in [-0.2, -0.15) is 4.90 Å². The van der Waals surface area contributed by atoms with Gasteiger partial charge in [-0.15, -0.1) is 0 Å². The zero-order valence-electron chi connectivity index (χ0n) is 17.1. The summed E-state index contributed by atoms with van der Waals surface area (Å²) in [6.07, 6.45) is -0.814.